The van der Waals surface area contributed by atoms with E-state index >= 15 is 0 Å². The second-order valence-corrected chi connectivity index (χ2v) is 10.00. The number of sulfonamides is 1. The molecule has 0 unspecified atom stereocenters. The molecule has 0 bridgehead atoms. The number of amides is 1. The molecule has 10 nitrogen and oxygen atoms in total. The third kappa shape index (κ3) is 6.61. The van der Waals surface area contributed by atoms with Gasteiger partial charge in [-0.3, -0.25) is 9.10 Å². The van der Waals surface area contributed by atoms with Gasteiger partial charge in [-0.1, -0.05) is 23.7 Å². The first-order valence-corrected chi connectivity index (χ1v) is 13.0. The van der Waals surface area contributed by atoms with Crippen LogP contribution in [0.15, 0.2) is 71.6 Å². The standard InChI is InChI=1S/C26H25ClN2O8S/c1-4-37-23-8-6-5-7-22(23)29(38(33,34)21-11-9-19(27)10-12-21)16-24(30)28-20-14-17(25(31)35-2)13-18(15-20)26(32)36-3/h5-15H,4,16H2,1-3H3,(H,28,30). The van der Waals surface area contributed by atoms with Crippen molar-refractivity contribution in [3.8, 4) is 5.75 Å². The van der Waals surface area contributed by atoms with Crippen molar-refractivity contribution in [2.45, 2.75) is 11.8 Å². The summed E-state index contributed by atoms with van der Waals surface area (Å²) in [5.41, 5.74) is 0.161. The summed E-state index contributed by atoms with van der Waals surface area (Å²) in [7, 11) is -1.93. The van der Waals surface area contributed by atoms with Crippen molar-refractivity contribution in [2.24, 2.45) is 0 Å². The predicted molar refractivity (Wildman–Crippen MR) is 141 cm³/mol. The molecule has 0 saturated heterocycles. The lowest BCUT2D eigenvalue weighted by molar-refractivity contribution is -0.114. The normalized spacial score (nSPS) is 10.8. The zero-order chi connectivity index (χ0) is 27.9. The number of anilines is 2. The molecule has 0 aliphatic heterocycles. The monoisotopic (exact) mass is 560 g/mol. The molecule has 3 aromatic rings. The van der Waals surface area contributed by atoms with E-state index in [1.54, 1.807) is 25.1 Å². The topological polar surface area (TPSA) is 128 Å². The van der Waals surface area contributed by atoms with Crippen LogP contribution in [0, 0.1) is 0 Å². The number of nitrogens with one attached hydrogen (secondary N) is 1. The molecule has 3 rings (SSSR count). The predicted octanol–water partition coefficient (Wildman–Crippen LogP) is 4.15. The van der Waals surface area contributed by atoms with E-state index < -0.39 is 34.4 Å². The maximum Gasteiger partial charge on any atom is 0.337 e. The smallest absolute Gasteiger partial charge is 0.337 e. The lowest BCUT2D eigenvalue weighted by Crippen LogP contribution is -2.38. The maximum atomic E-state index is 13.7. The number of esters is 2. The number of halogens is 1. The van der Waals surface area contributed by atoms with Crippen molar-refractivity contribution in [3.05, 3.63) is 82.9 Å². The number of rotatable bonds is 10. The van der Waals surface area contributed by atoms with E-state index in [-0.39, 0.29) is 39.8 Å². The molecule has 0 atom stereocenters. The van der Waals surface area contributed by atoms with Gasteiger partial charge in [-0.2, -0.15) is 0 Å². The van der Waals surface area contributed by atoms with Gasteiger partial charge in [-0.25, -0.2) is 18.0 Å². The van der Waals surface area contributed by atoms with Gasteiger partial charge < -0.3 is 19.5 Å². The summed E-state index contributed by atoms with van der Waals surface area (Å²) in [6.45, 7) is 1.34. The number of ether oxygens (including phenoxy) is 3. The van der Waals surface area contributed by atoms with Crippen LogP contribution in [0.1, 0.15) is 27.6 Å². The summed E-state index contributed by atoms with van der Waals surface area (Å²) in [6, 6.07) is 15.7. The van der Waals surface area contributed by atoms with Gasteiger partial charge in [0.05, 0.1) is 42.5 Å². The number of nitrogens with zero attached hydrogens (tertiary/aromatic N) is 1. The SMILES string of the molecule is CCOc1ccccc1N(CC(=O)Nc1cc(C(=O)OC)cc(C(=O)OC)c1)S(=O)(=O)c1ccc(Cl)cc1. The Morgan fingerprint density at radius 3 is 2.03 bits per heavy atom. The molecule has 0 radical (unpaired) electrons. The highest BCUT2D eigenvalue weighted by atomic mass is 35.5. The molecular weight excluding hydrogens is 536 g/mol. The Bertz CT molecular complexity index is 1410. The molecule has 12 heteroatoms. The molecule has 38 heavy (non-hydrogen) atoms. The van der Waals surface area contributed by atoms with Crippen LogP contribution in [0.5, 0.6) is 5.75 Å². The van der Waals surface area contributed by atoms with E-state index in [0.717, 1.165) is 4.31 Å². The molecule has 0 aromatic heterocycles. The third-order valence-electron chi connectivity index (χ3n) is 5.18. The molecule has 0 aliphatic rings. The molecule has 0 spiro atoms. The lowest BCUT2D eigenvalue weighted by atomic mass is 10.1. The number of methoxy groups -OCH3 is 2. The molecule has 0 aliphatic carbocycles. The van der Waals surface area contributed by atoms with Crippen molar-refractivity contribution >= 4 is 50.8 Å². The van der Waals surface area contributed by atoms with Crippen molar-refractivity contribution in [2.75, 3.05) is 37.0 Å². The number of hydrogen-bond donors (Lipinski definition) is 1. The minimum absolute atomic E-state index is 0.0157. The fourth-order valence-corrected chi connectivity index (χ4v) is 5.03. The molecular formula is C26H25ClN2O8S. The zero-order valence-electron chi connectivity index (χ0n) is 20.8. The molecule has 3 aromatic carbocycles. The summed E-state index contributed by atoms with van der Waals surface area (Å²) in [5.74, 6) is -2.00. The van der Waals surface area contributed by atoms with Crippen LogP contribution >= 0.6 is 11.6 Å². The zero-order valence-corrected chi connectivity index (χ0v) is 22.3. The molecule has 0 heterocycles. The molecule has 1 N–H and O–H groups in total. The van der Waals surface area contributed by atoms with Gasteiger partial charge in [-0.05, 0) is 61.5 Å². The molecule has 1 amide bonds. The van der Waals surface area contributed by atoms with Gasteiger partial charge in [-0.15, -0.1) is 0 Å². The van der Waals surface area contributed by atoms with Crippen molar-refractivity contribution in [3.63, 3.8) is 0 Å². The lowest BCUT2D eigenvalue weighted by Gasteiger charge is -2.26. The average molecular weight is 561 g/mol. The highest BCUT2D eigenvalue weighted by Crippen LogP contribution is 2.33. The minimum Gasteiger partial charge on any atom is -0.492 e. The molecule has 200 valence electrons. The summed E-state index contributed by atoms with van der Waals surface area (Å²) in [4.78, 5) is 37.3. The van der Waals surface area contributed by atoms with Crippen molar-refractivity contribution in [1.29, 1.82) is 0 Å². The summed E-state index contributed by atoms with van der Waals surface area (Å²) in [5, 5.41) is 2.88. The van der Waals surface area contributed by atoms with Crippen LogP contribution in [0.2, 0.25) is 5.02 Å². The number of benzene rings is 3. The second-order valence-electron chi connectivity index (χ2n) is 7.70. The summed E-state index contributed by atoms with van der Waals surface area (Å²) >= 11 is 5.93. The average Bonchev–Trinajstić information content (AvgIpc) is 2.91. The molecule has 0 fully saturated rings. The molecule has 0 saturated carbocycles. The Hall–Kier alpha value is -4.09. The van der Waals surface area contributed by atoms with E-state index in [1.165, 1.54) is 62.8 Å². The van der Waals surface area contributed by atoms with E-state index in [4.69, 9.17) is 25.8 Å². The number of hydrogen-bond acceptors (Lipinski definition) is 8. The van der Waals surface area contributed by atoms with Gasteiger partial charge in [0.1, 0.15) is 12.3 Å². The van der Waals surface area contributed by atoms with Gasteiger partial charge >= 0.3 is 11.9 Å². The number of carbonyl (C=O) groups excluding carboxylic acids is 3. The van der Waals surface area contributed by atoms with E-state index in [2.05, 4.69) is 5.32 Å². The van der Waals surface area contributed by atoms with Crippen LogP contribution in [-0.2, 0) is 24.3 Å². The summed E-state index contributed by atoms with van der Waals surface area (Å²) < 4.78 is 43.3. The van der Waals surface area contributed by atoms with Gasteiger partial charge in [0.2, 0.25) is 5.91 Å². The Labute approximate surface area is 225 Å². The van der Waals surface area contributed by atoms with Crippen molar-refractivity contribution < 1.29 is 37.0 Å². The van der Waals surface area contributed by atoms with Gasteiger partial charge in [0, 0.05) is 10.7 Å². The first kappa shape index (κ1) is 28.5. The second kappa shape index (κ2) is 12.4. The maximum absolute atomic E-state index is 13.7. The van der Waals surface area contributed by atoms with E-state index in [9.17, 15) is 22.8 Å². The number of carbonyl (C=O) groups is 3. The van der Waals surface area contributed by atoms with Crippen molar-refractivity contribution in [1.82, 2.24) is 0 Å². The highest BCUT2D eigenvalue weighted by Gasteiger charge is 2.29. The Morgan fingerprint density at radius 2 is 1.47 bits per heavy atom. The fraction of sp³-hybridized carbons (Fsp3) is 0.192. The third-order valence-corrected chi connectivity index (χ3v) is 7.21. The Kier molecular flexibility index (Phi) is 9.32. The summed E-state index contributed by atoms with van der Waals surface area (Å²) in [6.07, 6.45) is 0. The van der Waals surface area contributed by atoms with Crippen LogP contribution in [0.4, 0.5) is 11.4 Å². The number of para-hydroxylation sites is 2. The van der Waals surface area contributed by atoms with E-state index in [1.807, 2.05) is 0 Å². The Balaban J connectivity index is 2.02. The highest BCUT2D eigenvalue weighted by molar-refractivity contribution is 7.92. The fourth-order valence-electron chi connectivity index (χ4n) is 3.48. The first-order chi connectivity index (χ1) is 18.1. The Morgan fingerprint density at radius 1 is 0.895 bits per heavy atom. The van der Waals surface area contributed by atoms with Gasteiger partial charge in [0.25, 0.3) is 10.0 Å². The van der Waals surface area contributed by atoms with E-state index in [0.29, 0.717) is 5.02 Å². The van der Waals surface area contributed by atoms with Crippen LogP contribution < -0.4 is 14.4 Å². The quantitative estimate of drug-likeness (QED) is 0.366. The van der Waals surface area contributed by atoms with Gasteiger partial charge in [0.15, 0.2) is 0 Å². The largest absolute Gasteiger partial charge is 0.492 e. The first-order valence-electron chi connectivity index (χ1n) is 11.2. The van der Waals surface area contributed by atoms with Crippen LogP contribution in [0.3, 0.4) is 0 Å². The van der Waals surface area contributed by atoms with Crippen LogP contribution in [-0.4, -0.2) is 53.6 Å². The van der Waals surface area contributed by atoms with Crippen LogP contribution in [0.25, 0.3) is 0 Å². The minimum atomic E-state index is -4.26.